The van der Waals surface area contributed by atoms with Gasteiger partial charge in [0.1, 0.15) is 5.82 Å². The Bertz CT molecular complexity index is 1310. The summed E-state index contributed by atoms with van der Waals surface area (Å²) in [6.07, 6.45) is 3.27. The molecule has 5 rings (SSSR count). The molecule has 1 aliphatic heterocycles. The number of aryl methyl sites for hydroxylation is 1. The number of fused-ring (bicyclic) bond motifs is 2. The van der Waals surface area contributed by atoms with Gasteiger partial charge in [0.25, 0.3) is 11.8 Å². The van der Waals surface area contributed by atoms with Crippen molar-refractivity contribution in [1.29, 1.82) is 0 Å². The van der Waals surface area contributed by atoms with Crippen LogP contribution < -0.4 is 0 Å². The van der Waals surface area contributed by atoms with Crippen LogP contribution in [0.5, 0.6) is 0 Å². The molecule has 146 valence electrons. The van der Waals surface area contributed by atoms with Gasteiger partial charge in [-0.3, -0.25) is 19.5 Å². The molecule has 5 heteroatoms. The Morgan fingerprint density at radius 1 is 0.867 bits per heavy atom. The van der Waals surface area contributed by atoms with Gasteiger partial charge in [0, 0.05) is 18.0 Å². The number of hydrogen-bond acceptors (Lipinski definition) is 3. The number of halogens is 1. The van der Waals surface area contributed by atoms with Crippen LogP contribution in [0.15, 0.2) is 73.1 Å². The first kappa shape index (κ1) is 18.2. The van der Waals surface area contributed by atoms with E-state index in [0.29, 0.717) is 22.3 Å². The van der Waals surface area contributed by atoms with E-state index in [-0.39, 0.29) is 24.2 Å². The summed E-state index contributed by atoms with van der Waals surface area (Å²) in [6, 6.07) is 17.3. The highest BCUT2D eigenvalue weighted by molar-refractivity contribution is 6.27. The monoisotopic (exact) mass is 396 g/mol. The third-order valence-electron chi connectivity index (χ3n) is 5.45. The third-order valence-corrected chi connectivity index (χ3v) is 5.45. The Morgan fingerprint density at radius 2 is 1.60 bits per heavy atom. The Balaban J connectivity index is 1.74. The zero-order chi connectivity index (χ0) is 20.8. The lowest BCUT2D eigenvalue weighted by Gasteiger charge is -2.14. The van der Waals surface area contributed by atoms with E-state index in [1.54, 1.807) is 42.7 Å². The summed E-state index contributed by atoms with van der Waals surface area (Å²) in [5.74, 6) is -1.01. The van der Waals surface area contributed by atoms with Crippen molar-refractivity contribution in [2.45, 2.75) is 13.5 Å². The minimum Gasteiger partial charge on any atom is -0.270 e. The predicted molar refractivity (Wildman–Crippen MR) is 113 cm³/mol. The maximum Gasteiger partial charge on any atom is 0.262 e. The van der Waals surface area contributed by atoms with E-state index in [1.807, 2.05) is 25.1 Å². The lowest BCUT2D eigenvalue weighted by atomic mass is 9.90. The number of imide groups is 1. The van der Waals surface area contributed by atoms with Crippen LogP contribution in [0.3, 0.4) is 0 Å². The first-order chi connectivity index (χ1) is 14.5. The van der Waals surface area contributed by atoms with Crippen LogP contribution in [0.25, 0.3) is 21.9 Å². The molecular weight excluding hydrogens is 379 g/mol. The number of aromatic nitrogens is 1. The fourth-order valence-electron chi connectivity index (χ4n) is 4.00. The lowest BCUT2D eigenvalue weighted by Crippen LogP contribution is -2.29. The molecule has 0 spiro atoms. The summed E-state index contributed by atoms with van der Waals surface area (Å²) in [7, 11) is 0. The molecule has 0 N–H and O–H groups in total. The average Bonchev–Trinajstić information content (AvgIpc) is 2.98. The number of hydrogen-bond donors (Lipinski definition) is 0. The molecule has 3 aromatic carbocycles. The van der Waals surface area contributed by atoms with E-state index in [1.165, 1.54) is 17.0 Å². The molecule has 0 saturated heterocycles. The normalized spacial score (nSPS) is 13.2. The Kier molecular flexibility index (Phi) is 4.17. The summed E-state index contributed by atoms with van der Waals surface area (Å²) in [5.41, 5.74) is 3.99. The molecule has 0 fully saturated rings. The minimum absolute atomic E-state index is 0.174. The molecule has 4 aromatic rings. The standard InChI is InChI=1S/C25H17FN2O2/c1-15-2-3-18-13-21-23(22(20(18)12-15)17-4-6-19(26)7-5-17)25(30)28(24(21)29)14-16-8-10-27-11-9-16/h2-13H,14H2,1H3. The van der Waals surface area contributed by atoms with E-state index in [9.17, 15) is 14.0 Å². The molecule has 0 saturated carbocycles. The van der Waals surface area contributed by atoms with Crippen molar-refractivity contribution < 1.29 is 14.0 Å². The molecule has 1 aliphatic rings. The van der Waals surface area contributed by atoms with E-state index < -0.39 is 0 Å². The predicted octanol–water partition coefficient (Wildman–Crippen LogP) is 5.15. The molecule has 0 bridgehead atoms. The number of carbonyl (C=O) groups is 2. The van der Waals surface area contributed by atoms with E-state index in [2.05, 4.69) is 4.98 Å². The van der Waals surface area contributed by atoms with Crippen LogP contribution in [0, 0.1) is 12.7 Å². The Labute approximate surface area is 172 Å². The molecule has 2 heterocycles. The third kappa shape index (κ3) is 2.87. The van der Waals surface area contributed by atoms with Gasteiger partial charge >= 0.3 is 0 Å². The number of carbonyl (C=O) groups excluding carboxylic acids is 2. The second-order valence-electron chi connectivity index (χ2n) is 7.46. The topological polar surface area (TPSA) is 50.3 Å². The van der Waals surface area contributed by atoms with E-state index in [0.717, 1.165) is 21.9 Å². The van der Waals surface area contributed by atoms with Crippen LogP contribution in [0.1, 0.15) is 31.8 Å². The second-order valence-corrected chi connectivity index (χ2v) is 7.46. The van der Waals surface area contributed by atoms with Gasteiger partial charge < -0.3 is 0 Å². The average molecular weight is 396 g/mol. The molecular formula is C25H17FN2O2. The number of pyridine rings is 1. The van der Waals surface area contributed by atoms with Gasteiger partial charge in [-0.2, -0.15) is 0 Å². The molecule has 1 aromatic heterocycles. The molecule has 2 amide bonds. The van der Waals surface area contributed by atoms with Gasteiger partial charge in [-0.05, 0) is 59.2 Å². The number of rotatable bonds is 3. The molecule has 4 nitrogen and oxygen atoms in total. The SMILES string of the molecule is Cc1ccc2cc3c(c(-c4ccc(F)cc4)c2c1)C(=O)N(Cc1ccncc1)C3=O. The van der Waals surface area contributed by atoms with Gasteiger partial charge in [0.05, 0.1) is 17.7 Å². The van der Waals surface area contributed by atoms with Crippen molar-refractivity contribution in [1.82, 2.24) is 9.88 Å². The molecule has 0 radical (unpaired) electrons. The van der Waals surface area contributed by atoms with Crippen LogP contribution in [0.4, 0.5) is 4.39 Å². The van der Waals surface area contributed by atoms with Crippen molar-refractivity contribution in [2.75, 3.05) is 0 Å². The Morgan fingerprint density at radius 3 is 2.33 bits per heavy atom. The highest BCUT2D eigenvalue weighted by Crippen LogP contribution is 2.39. The van der Waals surface area contributed by atoms with Gasteiger partial charge in [-0.1, -0.05) is 35.9 Å². The highest BCUT2D eigenvalue weighted by atomic mass is 19.1. The van der Waals surface area contributed by atoms with Gasteiger partial charge in [-0.25, -0.2) is 4.39 Å². The van der Waals surface area contributed by atoms with E-state index in [4.69, 9.17) is 0 Å². The molecule has 0 aliphatic carbocycles. The quantitative estimate of drug-likeness (QED) is 0.450. The summed E-state index contributed by atoms with van der Waals surface area (Å²) >= 11 is 0. The highest BCUT2D eigenvalue weighted by Gasteiger charge is 2.38. The van der Waals surface area contributed by atoms with Gasteiger partial charge in [0.2, 0.25) is 0 Å². The summed E-state index contributed by atoms with van der Waals surface area (Å²) in [5, 5.41) is 1.73. The number of amides is 2. The fraction of sp³-hybridized carbons (Fsp3) is 0.0800. The zero-order valence-electron chi connectivity index (χ0n) is 16.2. The minimum atomic E-state index is -0.353. The van der Waals surface area contributed by atoms with Crippen LogP contribution in [0.2, 0.25) is 0 Å². The van der Waals surface area contributed by atoms with E-state index >= 15 is 0 Å². The number of nitrogens with zero attached hydrogens (tertiary/aromatic N) is 2. The molecule has 0 unspecified atom stereocenters. The summed E-state index contributed by atoms with van der Waals surface area (Å²) in [4.78, 5) is 31.9. The lowest BCUT2D eigenvalue weighted by molar-refractivity contribution is 0.0642. The van der Waals surface area contributed by atoms with Crippen LogP contribution >= 0.6 is 0 Å². The molecule has 0 atom stereocenters. The Hall–Kier alpha value is -3.86. The van der Waals surface area contributed by atoms with Crippen LogP contribution in [-0.4, -0.2) is 21.7 Å². The largest absolute Gasteiger partial charge is 0.270 e. The summed E-state index contributed by atoms with van der Waals surface area (Å²) in [6.45, 7) is 2.15. The van der Waals surface area contributed by atoms with Crippen molar-refractivity contribution in [2.24, 2.45) is 0 Å². The maximum absolute atomic E-state index is 13.6. The fourth-order valence-corrected chi connectivity index (χ4v) is 4.00. The van der Waals surface area contributed by atoms with Gasteiger partial charge in [0.15, 0.2) is 0 Å². The van der Waals surface area contributed by atoms with Crippen molar-refractivity contribution in [3.8, 4) is 11.1 Å². The second kappa shape index (κ2) is 6.88. The smallest absolute Gasteiger partial charge is 0.262 e. The molecule has 30 heavy (non-hydrogen) atoms. The first-order valence-corrected chi connectivity index (χ1v) is 9.61. The van der Waals surface area contributed by atoms with Crippen molar-refractivity contribution in [3.63, 3.8) is 0 Å². The summed E-state index contributed by atoms with van der Waals surface area (Å²) < 4.78 is 13.6. The number of benzene rings is 3. The van der Waals surface area contributed by atoms with Crippen LogP contribution in [-0.2, 0) is 6.54 Å². The van der Waals surface area contributed by atoms with Crippen molar-refractivity contribution >= 4 is 22.6 Å². The zero-order valence-corrected chi connectivity index (χ0v) is 16.2. The maximum atomic E-state index is 13.6. The first-order valence-electron chi connectivity index (χ1n) is 9.61. The van der Waals surface area contributed by atoms with Crippen molar-refractivity contribution in [3.05, 3.63) is 101 Å². The van der Waals surface area contributed by atoms with Gasteiger partial charge in [-0.15, -0.1) is 0 Å².